The highest BCUT2D eigenvalue weighted by molar-refractivity contribution is 4.95. The molecule has 0 N–H and O–H groups in total. The number of likely N-dealkylation sites (tertiary alicyclic amines) is 2. The molecule has 0 aromatic carbocycles. The molecule has 2 aliphatic rings. The second-order valence-corrected chi connectivity index (χ2v) is 6.14. The van der Waals surface area contributed by atoms with Crippen LogP contribution in [-0.2, 0) is 6.54 Å². The highest BCUT2D eigenvalue weighted by Gasteiger charge is 2.38. The van der Waals surface area contributed by atoms with Crippen molar-refractivity contribution in [2.75, 3.05) is 33.2 Å². The van der Waals surface area contributed by atoms with Gasteiger partial charge in [0.15, 0.2) is 5.82 Å². The second kappa shape index (κ2) is 4.63. The summed E-state index contributed by atoms with van der Waals surface area (Å²) in [7, 11) is 2.22. The third-order valence-corrected chi connectivity index (χ3v) is 4.10. The molecule has 3 rings (SSSR count). The van der Waals surface area contributed by atoms with E-state index in [0.717, 1.165) is 30.1 Å². The van der Waals surface area contributed by atoms with Crippen molar-refractivity contribution < 1.29 is 4.52 Å². The molecule has 0 saturated carbocycles. The van der Waals surface area contributed by atoms with Gasteiger partial charge in [0.2, 0.25) is 5.89 Å². The molecule has 5 nitrogen and oxygen atoms in total. The molecular formula is C13H22N4O. The number of hydrogen-bond acceptors (Lipinski definition) is 5. The lowest BCUT2D eigenvalue weighted by atomic mass is 10.0. The Hall–Kier alpha value is -0.940. The van der Waals surface area contributed by atoms with Gasteiger partial charge in [-0.2, -0.15) is 4.98 Å². The molecule has 0 aliphatic carbocycles. The number of fused-ring (bicyclic) bond motifs is 1. The lowest BCUT2D eigenvalue weighted by molar-refractivity contribution is 0.237. The fraction of sp³-hybridized carbons (Fsp3) is 0.846. The minimum atomic E-state index is 0.342. The van der Waals surface area contributed by atoms with Crippen molar-refractivity contribution in [1.29, 1.82) is 0 Å². The quantitative estimate of drug-likeness (QED) is 0.806. The zero-order valence-electron chi connectivity index (χ0n) is 11.5. The molecule has 2 unspecified atom stereocenters. The van der Waals surface area contributed by atoms with E-state index in [4.69, 9.17) is 4.52 Å². The molecule has 100 valence electrons. The number of aromatic nitrogens is 2. The van der Waals surface area contributed by atoms with E-state index in [9.17, 15) is 0 Å². The molecule has 0 amide bonds. The fourth-order valence-corrected chi connectivity index (χ4v) is 3.21. The molecule has 0 radical (unpaired) electrons. The first-order chi connectivity index (χ1) is 8.61. The fourth-order valence-electron chi connectivity index (χ4n) is 3.21. The van der Waals surface area contributed by atoms with Crippen LogP contribution in [0.3, 0.4) is 0 Å². The third kappa shape index (κ3) is 2.29. The summed E-state index contributed by atoms with van der Waals surface area (Å²) in [6.45, 7) is 9.82. The van der Waals surface area contributed by atoms with Crippen molar-refractivity contribution in [3.63, 3.8) is 0 Å². The van der Waals surface area contributed by atoms with Gasteiger partial charge >= 0.3 is 0 Å². The molecule has 2 saturated heterocycles. The summed E-state index contributed by atoms with van der Waals surface area (Å²) in [5, 5.41) is 4.02. The maximum absolute atomic E-state index is 5.32. The van der Waals surface area contributed by atoms with E-state index in [1.54, 1.807) is 0 Å². The first kappa shape index (κ1) is 12.1. The summed E-state index contributed by atoms with van der Waals surface area (Å²) in [4.78, 5) is 9.35. The average Bonchev–Trinajstić information content (AvgIpc) is 2.93. The van der Waals surface area contributed by atoms with Crippen molar-refractivity contribution in [2.45, 2.75) is 26.3 Å². The van der Waals surface area contributed by atoms with Crippen molar-refractivity contribution in [2.24, 2.45) is 11.8 Å². The van der Waals surface area contributed by atoms with Crippen molar-refractivity contribution >= 4 is 0 Å². The van der Waals surface area contributed by atoms with Gasteiger partial charge in [-0.25, -0.2) is 0 Å². The molecule has 1 aromatic rings. The Morgan fingerprint density at radius 2 is 1.89 bits per heavy atom. The van der Waals surface area contributed by atoms with Gasteiger partial charge in [-0.05, 0) is 18.9 Å². The van der Waals surface area contributed by atoms with Gasteiger partial charge in [-0.3, -0.25) is 4.90 Å². The van der Waals surface area contributed by atoms with Crippen LogP contribution in [-0.4, -0.2) is 53.2 Å². The Bertz CT molecular complexity index is 403. The molecule has 1 aromatic heterocycles. The van der Waals surface area contributed by atoms with E-state index < -0.39 is 0 Å². The van der Waals surface area contributed by atoms with Crippen LogP contribution in [0.25, 0.3) is 0 Å². The van der Waals surface area contributed by atoms with Crippen LogP contribution < -0.4 is 0 Å². The van der Waals surface area contributed by atoms with Crippen LogP contribution in [0.4, 0.5) is 0 Å². The Balaban J connectivity index is 1.58. The Kier molecular flexibility index (Phi) is 3.11. The number of hydrogen-bond donors (Lipinski definition) is 0. The smallest absolute Gasteiger partial charge is 0.240 e. The van der Waals surface area contributed by atoms with Gasteiger partial charge in [-0.1, -0.05) is 19.0 Å². The predicted molar refractivity (Wildman–Crippen MR) is 68.1 cm³/mol. The monoisotopic (exact) mass is 250 g/mol. The first-order valence-corrected chi connectivity index (χ1v) is 6.85. The average molecular weight is 250 g/mol. The molecule has 2 atom stereocenters. The molecule has 3 heterocycles. The Morgan fingerprint density at radius 3 is 2.44 bits per heavy atom. The van der Waals surface area contributed by atoms with Crippen LogP contribution in [0.2, 0.25) is 0 Å². The lowest BCUT2D eigenvalue weighted by Gasteiger charge is -2.16. The van der Waals surface area contributed by atoms with E-state index in [-0.39, 0.29) is 0 Å². The van der Waals surface area contributed by atoms with Crippen LogP contribution in [0.1, 0.15) is 31.5 Å². The molecule has 2 aliphatic heterocycles. The maximum atomic E-state index is 5.32. The molecule has 0 spiro atoms. The summed E-state index contributed by atoms with van der Waals surface area (Å²) in [6.07, 6.45) is 0. The van der Waals surface area contributed by atoms with E-state index in [0.29, 0.717) is 5.92 Å². The maximum Gasteiger partial charge on any atom is 0.240 e. The normalized spacial score (nSPS) is 29.3. The summed E-state index contributed by atoms with van der Waals surface area (Å²) in [5.74, 6) is 3.61. The van der Waals surface area contributed by atoms with Crippen LogP contribution >= 0.6 is 0 Å². The highest BCUT2D eigenvalue weighted by atomic mass is 16.5. The van der Waals surface area contributed by atoms with Gasteiger partial charge in [0.05, 0.1) is 6.54 Å². The van der Waals surface area contributed by atoms with E-state index in [1.807, 2.05) is 0 Å². The van der Waals surface area contributed by atoms with Gasteiger partial charge < -0.3 is 9.42 Å². The Morgan fingerprint density at radius 1 is 1.22 bits per heavy atom. The standard InChI is InChI=1S/C13H22N4O/c1-9(2)13-14-12(18-15-13)8-17-6-10-4-16(3)5-11(10)7-17/h9-11H,4-8H2,1-3H3. The van der Waals surface area contributed by atoms with Gasteiger partial charge in [0, 0.05) is 32.1 Å². The highest BCUT2D eigenvalue weighted by Crippen LogP contribution is 2.30. The largest absolute Gasteiger partial charge is 0.338 e. The zero-order chi connectivity index (χ0) is 12.7. The predicted octanol–water partition coefficient (Wildman–Crippen LogP) is 1.19. The molecule has 18 heavy (non-hydrogen) atoms. The summed E-state index contributed by atoms with van der Waals surface area (Å²) >= 11 is 0. The van der Waals surface area contributed by atoms with E-state index >= 15 is 0 Å². The molecular weight excluding hydrogens is 228 g/mol. The van der Waals surface area contributed by atoms with Gasteiger partial charge in [0.1, 0.15) is 0 Å². The van der Waals surface area contributed by atoms with Crippen molar-refractivity contribution in [1.82, 2.24) is 19.9 Å². The molecule has 0 bridgehead atoms. The summed E-state index contributed by atoms with van der Waals surface area (Å²) in [5.41, 5.74) is 0. The molecule has 5 heteroatoms. The SMILES string of the molecule is CC(C)c1noc(CN2CC3CN(C)CC3C2)n1. The minimum Gasteiger partial charge on any atom is -0.338 e. The minimum absolute atomic E-state index is 0.342. The Labute approximate surface area is 108 Å². The topological polar surface area (TPSA) is 45.4 Å². The third-order valence-electron chi connectivity index (χ3n) is 4.10. The van der Waals surface area contributed by atoms with Gasteiger partial charge in [-0.15, -0.1) is 0 Å². The van der Waals surface area contributed by atoms with Crippen LogP contribution in [0.15, 0.2) is 4.52 Å². The first-order valence-electron chi connectivity index (χ1n) is 6.85. The van der Waals surface area contributed by atoms with E-state index in [2.05, 4.69) is 40.8 Å². The van der Waals surface area contributed by atoms with Crippen LogP contribution in [0.5, 0.6) is 0 Å². The van der Waals surface area contributed by atoms with Crippen LogP contribution in [0, 0.1) is 11.8 Å². The lowest BCUT2D eigenvalue weighted by Crippen LogP contribution is -2.26. The van der Waals surface area contributed by atoms with Gasteiger partial charge in [0.25, 0.3) is 0 Å². The second-order valence-electron chi connectivity index (χ2n) is 6.14. The van der Waals surface area contributed by atoms with Crippen molar-refractivity contribution in [3.05, 3.63) is 11.7 Å². The number of rotatable bonds is 3. The van der Waals surface area contributed by atoms with Crippen molar-refractivity contribution in [3.8, 4) is 0 Å². The van der Waals surface area contributed by atoms with E-state index in [1.165, 1.54) is 26.2 Å². The zero-order valence-corrected chi connectivity index (χ0v) is 11.5. The molecule has 2 fully saturated rings. The summed E-state index contributed by atoms with van der Waals surface area (Å²) in [6, 6.07) is 0. The summed E-state index contributed by atoms with van der Waals surface area (Å²) < 4.78 is 5.32. The number of nitrogens with zero attached hydrogens (tertiary/aromatic N) is 4.